The molecule has 0 aliphatic heterocycles. The van der Waals surface area contributed by atoms with Gasteiger partial charge in [-0.1, -0.05) is 31.6 Å². The molecule has 1 aliphatic rings. The van der Waals surface area contributed by atoms with E-state index in [0.717, 1.165) is 12.8 Å². The van der Waals surface area contributed by atoms with Gasteiger partial charge in [0.05, 0.1) is 6.42 Å². The summed E-state index contributed by atoms with van der Waals surface area (Å²) in [7, 11) is 0. The number of carbonyl (C=O) groups is 2. The number of carbonyl (C=O) groups excluding carboxylic acids is 2. The molecule has 0 spiro atoms. The Morgan fingerprint density at radius 2 is 2.12 bits per heavy atom. The predicted molar refractivity (Wildman–Crippen MR) is 69.7 cm³/mol. The summed E-state index contributed by atoms with van der Waals surface area (Å²) in [6, 6.07) is 0. The van der Waals surface area contributed by atoms with E-state index in [1.54, 1.807) is 6.08 Å². The molecule has 0 radical (unpaired) electrons. The highest BCUT2D eigenvalue weighted by molar-refractivity contribution is 6.03. The lowest BCUT2D eigenvalue weighted by Gasteiger charge is -2.36. The van der Waals surface area contributed by atoms with Crippen molar-refractivity contribution >= 4 is 11.6 Å². The summed E-state index contributed by atoms with van der Waals surface area (Å²) in [4.78, 5) is 22.3. The van der Waals surface area contributed by atoms with E-state index in [4.69, 9.17) is 0 Å². The molecule has 0 aromatic rings. The van der Waals surface area contributed by atoms with Crippen LogP contribution in [0.4, 0.5) is 0 Å². The first-order valence-corrected chi connectivity index (χ1v) is 6.20. The zero-order chi connectivity index (χ0) is 13.1. The van der Waals surface area contributed by atoms with Crippen LogP contribution in [-0.2, 0) is 9.59 Å². The standard InChI is InChI=1S/C15H22O2/c1-11-6-5-9-15(3,4)14(11)8-7-13(17)10-12(2)16/h6-8,14H,5,9-10H2,1-4H3. The summed E-state index contributed by atoms with van der Waals surface area (Å²) in [6.07, 6.45) is 8.07. The molecule has 94 valence electrons. The molecule has 1 atom stereocenters. The second-order valence-electron chi connectivity index (χ2n) is 5.66. The molecule has 0 fully saturated rings. The van der Waals surface area contributed by atoms with Gasteiger partial charge in [0.2, 0.25) is 0 Å². The Kier molecular flexibility index (Phi) is 4.44. The third-order valence-corrected chi connectivity index (χ3v) is 3.49. The zero-order valence-corrected chi connectivity index (χ0v) is 11.2. The number of hydrogen-bond donors (Lipinski definition) is 0. The summed E-state index contributed by atoms with van der Waals surface area (Å²) in [5, 5.41) is 0. The molecule has 0 aromatic carbocycles. The molecule has 0 saturated heterocycles. The molecule has 0 N–H and O–H groups in total. The van der Waals surface area contributed by atoms with Crippen molar-refractivity contribution in [3.8, 4) is 0 Å². The summed E-state index contributed by atoms with van der Waals surface area (Å²) in [5.74, 6) is 0.147. The van der Waals surface area contributed by atoms with Gasteiger partial charge < -0.3 is 0 Å². The van der Waals surface area contributed by atoms with Crippen molar-refractivity contribution in [1.29, 1.82) is 0 Å². The Bertz CT molecular complexity index is 372. The van der Waals surface area contributed by atoms with Gasteiger partial charge in [-0.3, -0.25) is 9.59 Å². The molecule has 0 heterocycles. The minimum Gasteiger partial charge on any atom is -0.300 e. The van der Waals surface area contributed by atoms with E-state index in [0.29, 0.717) is 5.92 Å². The molecule has 2 nitrogen and oxygen atoms in total. The number of allylic oxidation sites excluding steroid dienone is 4. The molecule has 0 aromatic heterocycles. The van der Waals surface area contributed by atoms with Crippen LogP contribution in [0.2, 0.25) is 0 Å². The lowest BCUT2D eigenvalue weighted by molar-refractivity contribution is -0.123. The van der Waals surface area contributed by atoms with Gasteiger partial charge in [-0.2, -0.15) is 0 Å². The molecular formula is C15H22O2. The Labute approximate surface area is 104 Å². The van der Waals surface area contributed by atoms with Crippen molar-refractivity contribution in [2.45, 2.75) is 47.0 Å². The van der Waals surface area contributed by atoms with Gasteiger partial charge in [0, 0.05) is 5.92 Å². The van der Waals surface area contributed by atoms with Crippen LogP contribution in [0.3, 0.4) is 0 Å². The number of ketones is 2. The van der Waals surface area contributed by atoms with E-state index in [9.17, 15) is 9.59 Å². The van der Waals surface area contributed by atoms with E-state index >= 15 is 0 Å². The fraction of sp³-hybridized carbons (Fsp3) is 0.600. The molecular weight excluding hydrogens is 212 g/mol. The maximum Gasteiger partial charge on any atom is 0.162 e. The Hall–Kier alpha value is -1.18. The van der Waals surface area contributed by atoms with Crippen LogP contribution >= 0.6 is 0 Å². The molecule has 1 rings (SSSR count). The summed E-state index contributed by atoms with van der Waals surface area (Å²) < 4.78 is 0. The van der Waals surface area contributed by atoms with Crippen LogP contribution in [0.1, 0.15) is 47.0 Å². The van der Waals surface area contributed by atoms with Crippen molar-refractivity contribution in [3.63, 3.8) is 0 Å². The average Bonchev–Trinajstić information content (AvgIpc) is 2.14. The Balaban J connectivity index is 2.75. The van der Waals surface area contributed by atoms with E-state index < -0.39 is 0 Å². The maximum absolute atomic E-state index is 11.5. The molecule has 2 heteroatoms. The third kappa shape index (κ3) is 3.95. The second-order valence-corrected chi connectivity index (χ2v) is 5.66. The predicted octanol–water partition coefficient (Wildman–Crippen LogP) is 3.47. The van der Waals surface area contributed by atoms with E-state index in [1.807, 2.05) is 6.08 Å². The first-order chi connectivity index (χ1) is 7.83. The first kappa shape index (κ1) is 13.9. The molecule has 0 bridgehead atoms. The number of hydrogen-bond acceptors (Lipinski definition) is 2. The third-order valence-electron chi connectivity index (χ3n) is 3.49. The fourth-order valence-electron chi connectivity index (χ4n) is 2.49. The Morgan fingerprint density at radius 3 is 2.65 bits per heavy atom. The van der Waals surface area contributed by atoms with Gasteiger partial charge in [0.25, 0.3) is 0 Å². The Morgan fingerprint density at radius 1 is 1.47 bits per heavy atom. The highest BCUT2D eigenvalue weighted by atomic mass is 16.1. The van der Waals surface area contributed by atoms with Crippen molar-refractivity contribution in [2.24, 2.45) is 11.3 Å². The quantitative estimate of drug-likeness (QED) is 0.424. The topological polar surface area (TPSA) is 34.1 Å². The number of rotatable bonds is 4. The largest absolute Gasteiger partial charge is 0.300 e. The molecule has 0 amide bonds. The van der Waals surface area contributed by atoms with Gasteiger partial charge in [0.1, 0.15) is 5.78 Å². The van der Waals surface area contributed by atoms with Gasteiger partial charge in [0.15, 0.2) is 5.78 Å². The minimum absolute atomic E-state index is 0.0202. The summed E-state index contributed by atoms with van der Waals surface area (Å²) in [5.41, 5.74) is 1.53. The highest BCUT2D eigenvalue weighted by Crippen LogP contribution is 2.41. The lowest BCUT2D eigenvalue weighted by atomic mass is 9.68. The van der Waals surface area contributed by atoms with Crippen LogP contribution in [0.15, 0.2) is 23.8 Å². The molecule has 1 unspecified atom stereocenters. The molecule has 0 saturated carbocycles. The zero-order valence-electron chi connectivity index (χ0n) is 11.2. The van der Waals surface area contributed by atoms with Gasteiger partial charge in [-0.15, -0.1) is 0 Å². The monoisotopic (exact) mass is 234 g/mol. The lowest BCUT2D eigenvalue weighted by Crippen LogP contribution is -2.26. The number of Topliss-reactive ketones (excluding diaryl/α,β-unsaturated/α-hetero) is 1. The van der Waals surface area contributed by atoms with Crippen molar-refractivity contribution in [2.75, 3.05) is 0 Å². The van der Waals surface area contributed by atoms with Crippen molar-refractivity contribution in [3.05, 3.63) is 23.8 Å². The fourth-order valence-corrected chi connectivity index (χ4v) is 2.49. The first-order valence-electron chi connectivity index (χ1n) is 6.20. The highest BCUT2D eigenvalue weighted by Gasteiger charge is 2.30. The van der Waals surface area contributed by atoms with Crippen LogP contribution in [0, 0.1) is 11.3 Å². The van der Waals surface area contributed by atoms with Crippen LogP contribution in [0.5, 0.6) is 0 Å². The van der Waals surface area contributed by atoms with Crippen molar-refractivity contribution in [1.82, 2.24) is 0 Å². The van der Waals surface area contributed by atoms with Crippen molar-refractivity contribution < 1.29 is 9.59 Å². The van der Waals surface area contributed by atoms with Crippen LogP contribution in [-0.4, -0.2) is 11.6 Å². The SMILES string of the molecule is CC(=O)CC(=O)C=CC1C(C)=CCCC1(C)C. The van der Waals surface area contributed by atoms with E-state index in [-0.39, 0.29) is 23.4 Å². The van der Waals surface area contributed by atoms with Gasteiger partial charge in [-0.25, -0.2) is 0 Å². The normalized spacial score (nSPS) is 23.5. The van der Waals surface area contributed by atoms with E-state index in [1.165, 1.54) is 12.5 Å². The average molecular weight is 234 g/mol. The maximum atomic E-state index is 11.5. The second kappa shape index (κ2) is 5.44. The molecule has 17 heavy (non-hydrogen) atoms. The summed E-state index contributed by atoms with van der Waals surface area (Å²) in [6.45, 7) is 8.02. The van der Waals surface area contributed by atoms with Crippen LogP contribution < -0.4 is 0 Å². The smallest absolute Gasteiger partial charge is 0.162 e. The molecule has 1 aliphatic carbocycles. The van der Waals surface area contributed by atoms with E-state index in [2.05, 4.69) is 26.8 Å². The van der Waals surface area contributed by atoms with Gasteiger partial charge >= 0.3 is 0 Å². The van der Waals surface area contributed by atoms with Gasteiger partial charge in [-0.05, 0) is 38.2 Å². The van der Waals surface area contributed by atoms with Crippen LogP contribution in [0.25, 0.3) is 0 Å². The minimum atomic E-state index is -0.0910. The summed E-state index contributed by atoms with van der Waals surface area (Å²) >= 11 is 0.